The van der Waals surface area contributed by atoms with E-state index in [-0.39, 0.29) is 18.3 Å². The number of rotatable bonds is 8. The number of allylic oxidation sites excluding steroid dienone is 1. The Kier molecular flexibility index (Phi) is 7.68. The smallest absolute Gasteiger partial charge is 0.260 e. The van der Waals surface area contributed by atoms with Crippen LogP contribution in [0.2, 0.25) is 0 Å². The van der Waals surface area contributed by atoms with E-state index in [2.05, 4.69) is 4.90 Å². The van der Waals surface area contributed by atoms with Crippen LogP contribution in [0, 0.1) is 5.82 Å². The van der Waals surface area contributed by atoms with Gasteiger partial charge in [0.15, 0.2) is 18.1 Å². The van der Waals surface area contributed by atoms with E-state index in [4.69, 9.17) is 14.6 Å². The number of carbonyl (C=O) groups is 1. The van der Waals surface area contributed by atoms with Crippen LogP contribution in [-0.4, -0.2) is 60.7 Å². The monoisotopic (exact) mass is 414 g/mol. The number of hydrogen-bond donors (Lipinski definition) is 1. The van der Waals surface area contributed by atoms with Crippen LogP contribution in [0.25, 0.3) is 0 Å². The molecule has 6 nitrogen and oxygen atoms in total. The number of nitrogens with zero attached hydrogens (tertiary/aromatic N) is 2. The average molecular weight is 414 g/mol. The summed E-state index contributed by atoms with van der Waals surface area (Å²) < 4.78 is 24.1. The first-order valence-corrected chi connectivity index (χ1v) is 9.92. The molecular weight excluding hydrogens is 387 g/mol. The summed E-state index contributed by atoms with van der Waals surface area (Å²) in [5, 5.41) is 8.78. The van der Waals surface area contributed by atoms with Gasteiger partial charge in [0.25, 0.3) is 5.91 Å². The van der Waals surface area contributed by atoms with Crippen molar-refractivity contribution in [2.75, 3.05) is 39.9 Å². The predicted molar refractivity (Wildman–Crippen MR) is 112 cm³/mol. The molecule has 1 heterocycles. The Hall–Kier alpha value is -3.06. The summed E-state index contributed by atoms with van der Waals surface area (Å²) in [6, 6.07) is 12.0. The zero-order valence-corrected chi connectivity index (χ0v) is 17.1. The predicted octanol–water partition coefficient (Wildman–Crippen LogP) is 3.17. The second-order valence-corrected chi connectivity index (χ2v) is 7.15. The molecular formula is C23H27FN2O4. The Balaban J connectivity index is 1.47. The molecule has 1 amide bonds. The van der Waals surface area contributed by atoms with Crippen molar-refractivity contribution >= 4 is 5.91 Å². The summed E-state index contributed by atoms with van der Waals surface area (Å²) >= 11 is 0. The Labute approximate surface area is 176 Å². The number of aliphatic hydroxyl groups is 1. The maximum Gasteiger partial charge on any atom is 0.260 e. The number of piperazine rings is 1. The number of benzene rings is 2. The van der Waals surface area contributed by atoms with E-state index < -0.39 is 0 Å². The van der Waals surface area contributed by atoms with E-state index in [1.54, 1.807) is 36.3 Å². The summed E-state index contributed by atoms with van der Waals surface area (Å²) in [5.74, 6) is 0.765. The maximum atomic E-state index is 13.0. The lowest BCUT2D eigenvalue weighted by Gasteiger charge is -2.34. The van der Waals surface area contributed by atoms with E-state index in [1.165, 1.54) is 12.1 Å². The molecule has 2 aromatic rings. The molecule has 1 saturated heterocycles. The van der Waals surface area contributed by atoms with Gasteiger partial charge in [-0.15, -0.1) is 0 Å². The highest BCUT2D eigenvalue weighted by Crippen LogP contribution is 2.28. The van der Waals surface area contributed by atoms with Crippen molar-refractivity contribution in [3.05, 3.63) is 71.7 Å². The fourth-order valence-electron chi connectivity index (χ4n) is 3.38. The molecule has 0 atom stereocenters. The molecule has 1 N–H and O–H groups in total. The zero-order valence-electron chi connectivity index (χ0n) is 17.1. The molecule has 0 unspecified atom stereocenters. The van der Waals surface area contributed by atoms with Crippen LogP contribution in [0.5, 0.6) is 11.5 Å². The third-order valence-electron chi connectivity index (χ3n) is 5.08. The van der Waals surface area contributed by atoms with Gasteiger partial charge < -0.3 is 19.5 Å². The minimum Gasteiger partial charge on any atom is -0.516 e. The van der Waals surface area contributed by atoms with E-state index >= 15 is 0 Å². The fraction of sp³-hybridized carbons (Fsp3) is 0.348. The Bertz CT molecular complexity index is 862. The largest absolute Gasteiger partial charge is 0.516 e. The minimum atomic E-state index is -0.234. The first-order valence-electron chi connectivity index (χ1n) is 9.92. The molecule has 1 aliphatic heterocycles. The zero-order chi connectivity index (χ0) is 21.3. The molecule has 1 aliphatic rings. The van der Waals surface area contributed by atoms with Crippen LogP contribution in [0.15, 0.2) is 54.8 Å². The van der Waals surface area contributed by atoms with E-state index in [1.807, 2.05) is 12.1 Å². The number of carbonyl (C=O) groups excluding carboxylic acids is 1. The Morgan fingerprint density at radius 3 is 2.43 bits per heavy atom. The third kappa shape index (κ3) is 5.97. The highest BCUT2D eigenvalue weighted by Gasteiger charge is 2.22. The van der Waals surface area contributed by atoms with E-state index in [0.717, 1.165) is 37.0 Å². The lowest BCUT2D eigenvalue weighted by Crippen LogP contribution is -2.49. The van der Waals surface area contributed by atoms with Crippen molar-refractivity contribution in [2.24, 2.45) is 0 Å². The quantitative estimate of drug-likeness (QED) is 0.673. The minimum absolute atomic E-state index is 0.0514. The lowest BCUT2D eigenvalue weighted by atomic mass is 10.1. The van der Waals surface area contributed by atoms with E-state index in [9.17, 15) is 9.18 Å². The van der Waals surface area contributed by atoms with Crippen molar-refractivity contribution in [3.63, 3.8) is 0 Å². The van der Waals surface area contributed by atoms with E-state index in [0.29, 0.717) is 31.0 Å². The number of halogens is 1. The first kappa shape index (κ1) is 21.6. The first-order chi connectivity index (χ1) is 14.6. The van der Waals surface area contributed by atoms with Crippen molar-refractivity contribution in [1.82, 2.24) is 9.80 Å². The standard InChI is InChI=1S/C23H27FN2O4/c1-29-22-15-18(3-2-14-27)6-9-21(22)30-17-23(28)26-12-10-25(11-13-26)16-19-4-7-20(24)8-5-19/h2,4-9,14-15,27H,3,10-13,16-17H2,1H3/b14-2+. The molecule has 0 aromatic heterocycles. The summed E-state index contributed by atoms with van der Waals surface area (Å²) in [7, 11) is 1.55. The van der Waals surface area contributed by atoms with Gasteiger partial charge in [0.1, 0.15) is 5.82 Å². The SMILES string of the molecule is COc1cc(C/C=C/O)ccc1OCC(=O)N1CCN(Cc2ccc(F)cc2)CC1. The van der Waals surface area contributed by atoms with Gasteiger partial charge in [0.05, 0.1) is 13.4 Å². The molecule has 0 saturated carbocycles. The van der Waals surface area contributed by atoms with Gasteiger partial charge in [-0.2, -0.15) is 0 Å². The molecule has 2 aromatic carbocycles. The molecule has 0 spiro atoms. The summed E-state index contributed by atoms with van der Waals surface area (Å²) in [4.78, 5) is 16.6. The van der Waals surface area contributed by atoms with Crippen LogP contribution in [0.1, 0.15) is 11.1 Å². The van der Waals surface area contributed by atoms with Crippen LogP contribution < -0.4 is 9.47 Å². The lowest BCUT2D eigenvalue weighted by molar-refractivity contribution is -0.135. The molecule has 160 valence electrons. The van der Waals surface area contributed by atoms with Gasteiger partial charge in [-0.25, -0.2) is 4.39 Å². The number of ether oxygens (including phenoxy) is 2. The van der Waals surface area contributed by atoms with Crippen LogP contribution in [0.3, 0.4) is 0 Å². The van der Waals surface area contributed by atoms with Crippen LogP contribution in [-0.2, 0) is 17.8 Å². The summed E-state index contributed by atoms with van der Waals surface area (Å²) in [5.41, 5.74) is 2.03. The molecule has 30 heavy (non-hydrogen) atoms. The van der Waals surface area contributed by atoms with Gasteiger partial charge in [-0.05, 0) is 47.9 Å². The number of methoxy groups -OCH3 is 1. The van der Waals surface area contributed by atoms with Gasteiger partial charge in [0.2, 0.25) is 0 Å². The van der Waals surface area contributed by atoms with Gasteiger partial charge in [-0.3, -0.25) is 9.69 Å². The number of amides is 1. The second-order valence-electron chi connectivity index (χ2n) is 7.15. The second kappa shape index (κ2) is 10.6. The molecule has 0 aliphatic carbocycles. The molecule has 3 rings (SSSR count). The average Bonchev–Trinajstić information content (AvgIpc) is 2.78. The van der Waals surface area contributed by atoms with Crippen molar-refractivity contribution in [2.45, 2.75) is 13.0 Å². The molecule has 0 radical (unpaired) electrons. The fourth-order valence-corrected chi connectivity index (χ4v) is 3.38. The topological polar surface area (TPSA) is 62.2 Å². The van der Waals surface area contributed by atoms with Gasteiger partial charge >= 0.3 is 0 Å². The van der Waals surface area contributed by atoms with Gasteiger partial charge in [-0.1, -0.05) is 18.2 Å². The maximum absolute atomic E-state index is 13.0. The Morgan fingerprint density at radius 1 is 1.07 bits per heavy atom. The molecule has 7 heteroatoms. The highest BCUT2D eigenvalue weighted by atomic mass is 19.1. The van der Waals surface area contributed by atoms with Crippen molar-refractivity contribution < 1.29 is 23.8 Å². The van der Waals surface area contributed by atoms with Crippen LogP contribution >= 0.6 is 0 Å². The van der Waals surface area contributed by atoms with Gasteiger partial charge in [0, 0.05) is 32.7 Å². The molecule has 1 fully saturated rings. The van der Waals surface area contributed by atoms with Crippen molar-refractivity contribution in [3.8, 4) is 11.5 Å². The summed E-state index contributed by atoms with van der Waals surface area (Å²) in [6.45, 7) is 3.48. The third-order valence-corrected chi connectivity index (χ3v) is 5.08. The normalized spacial score (nSPS) is 14.8. The highest BCUT2D eigenvalue weighted by molar-refractivity contribution is 5.78. The van der Waals surface area contributed by atoms with Crippen LogP contribution in [0.4, 0.5) is 4.39 Å². The summed E-state index contributed by atoms with van der Waals surface area (Å²) in [6.07, 6.45) is 3.22. The Morgan fingerprint density at radius 2 is 1.77 bits per heavy atom. The molecule has 0 bridgehead atoms. The van der Waals surface area contributed by atoms with Crippen molar-refractivity contribution in [1.29, 1.82) is 0 Å². The number of hydrogen-bond acceptors (Lipinski definition) is 5. The number of aliphatic hydroxyl groups excluding tert-OH is 1.